The second-order valence-electron chi connectivity index (χ2n) is 9.24. The van der Waals surface area contributed by atoms with Gasteiger partial charge >= 0.3 is 0 Å². The van der Waals surface area contributed by atoms with Gasteiger partial charge in [0.2, 0.25) is 0 Å². The number of likely N-dealkylation sites (N-methyl/N-ethyl adjacent to an activating group) is 1. The summed E-state index contributed by atoms with van der Waals surface area (Å²) in [4.78, 5) is 35.2. The first-order valence-corrected chi connectivity index (χ1v) is 11.7. The number of rotatable bonds is 7. The van der Waals surface area contributed by atoms with Gasteiger partial charge in [0.05, 0.1) is 11.0 Å². The Balaban J connectivity index is 1.48. The molecule has 0 radical (unpaired) electrons. The van der Waals surface area contributed by atoms with Crippen molar-refractivity contribution in [2.75, 3.05) is 46.3 Å². The van der Waals surface area contributed by atoms with Crippen LogP contribution in [0.1, 0.15) is 24.2 Å². The van der Waals surface area contributed by atoms with Gasteiger partial charge in [-0.2, -0.15) is 0 Å². The standard InChI is InChI=1S/C26H33N5O2/c1-19(2)18-31-23-7-5-4-6-22(23)28-24(26(31)33)20-8-10-21(11-9-20)25(32)27-12-13-30-16-14-29(3)15-17-30/h4-11,19H,12-18H2,1-3H3,(H,27,32). The maximum Gasteiger partial charge on any atom is 0.277 e. The van der Waals surface area contributed by atoms with Crippen molar-refractivity contribution in [1.82, 2.24) is 24.7 Å². The third kappa shape index (κ3) is 5.49. The van der Waals surface area contributed by atoms with E-state index in [0.717, 1.165) is 49.3 Å². The van der Waals surface area contributed by atoms with Crippen LogP contribution in [-0.2, 0) is 6.54 Å². The first kappa shape index (κ1) is 23.1. The smallest absolute Gasteiger partial charge is 0.277 e. The summed E-state index contributed by atoms with van der Waals surface area (Å²) in [7, 11) is 2.13. The van der Waals surface area contributed by atoms with Gasteiger partial charge in [0.25, 0.3) is 11.5 Å². The van der Waals surface area contributed by atoms with Gasteiger partial charge < -0.3 is 14.8 Å². The fraction of sp³-hybridized carbons (Fsp3) is 0.423. The van der Waals surface area contributed by atoms with Crippen LogP contribution >= 0.6 is 0 Å². The summed E-state index contributed by atoms with van der Waals surface area (Å²) in [5.41, 5.74) is 3.25. The lowest BCUT2D eigenvalue weighted by Gasteiger charge is -2.32. The van der Waals surface area contributed by atoms with E-state index in [1.807, 2.05) is 36.4 Å². The topological polar surface area (TPSA) is 70.5 Å². The predicted molar refractivity (Wildman–Crippen MR) is 133 cm³/mol. The van der Waals surface area contributed by atoms with Gasteiger partial charge in [-0.25, -0.2) is 4.98 Å². The Morgan fingerprint density at radius 2 is 1.73 bits per heavy atom. The van der Waals surface area contributed by atoms with Crippen molar-refractivity contribution >= 4 is 16.9 Å². The van der Waals surface area contributed by atoms with E-state index in [-0.39, 0.29) is 11.5 Å². The fourth-order valence-corrected chi connectivity index (χ4v) is 4.21. The molecule has 0 saturated carbocycles. The molecule has 1 aromatic heterocycles. The van der Waals surface area contributed by atoms with Crippen molar-refractivity contribution in [3.05, 3.63) is 64.4 Å². The van der Waals surface area contributed by atoms with Crippen molar-refractivity contribution in [2.45, 2.75) is 20.4 Å². The molecule has 0 bridgehead atoms. The van der Waals surface area contributed by atoms with Crippen LogP contribution in [0, 0.1) is 5.92 Å². The summed E-state index contributed by atoms with van der Waals surface area (Å²) < 4.78 is 1.81. The Morgan fingerprint density at radius 3 is 2.42 bits per heavy atom. The lowest BCUT2D eigenvalue weighted by molar-refractivity contribution is 0.0941. The maximum absolute atomic E-state index is 13.3. The SMILES string of the molecule is CC(C)Cn1c(=O)c(-c2ccc(C(=O)NCCN3CCN(C)CC3)cc2)nc2ccccc21. The fourth-order valence-electron chi connectivity index (χ4n) is 4.21. The average Bonchev–Trinajstić information content (AvgIpc) is 2.82. The first-order chi connectivity index (χ1) is 15.9. The van der Waals surface area contributed by atoms with E-state index in [2.05, 4.69) is 41.0 Å². The van der Waals surface area contributed by atoms with Crippen molar-refractivity contribution in [3.63, 3.8) is 0 Å². The summed E-state index contributed by atoms with van der Waals surface area (Å²) in [6.45, 7) is 10.5. The van der Waals surface area contributed by atoms with Crippen molar-refractivity contribution in [3.8, 4) is 11.3 Å². The van der Waals surface area contributed by atoms with Crippen LogP contribution in [0.4, 0.5) is 0 Å². The molecule has 2 aromatic carbocycles. The number of nitrogens with zero attached hydrogens (tertiary/aromatic N) is 4. The van der Waals surface area contributed by atoms with Crippen molar-refractivity contribution in [1.29, 1.82) is 0 Å². The van der Waals surface area contributed by atoms with E-state index in [1.54, 1.807) is 16.7 Å². The van der Waals surface area contributed by atoms with E-state index < -0.39 is 0 Å². The van der Waals surface area contributed by atoms with Gasteiger partial charge in [0.1, 0.15) is 5.69 Å². The van der Waals surface area contributed by atoms with Gasteiger partial charge in [0, 0.05) is 56.9 Å². The summed E-state index contributed by atoms with van der Waals surface area (Å²) >= 11 is 0. The molecule has 1 fully saturated rings. The zero-order valence-electron chi connectivity index (χ0n) is 19.8. The number of fused-ring (bicyclic) bond motifs is 1. The molecule has 7 heteroatoms. The van der Waals surface area contributed by atoms with Gasteiger partial charge in [-0.05, 0) is 37.2 Å². The third-order valence-corrected chi connectivity index (χ3v) is 6.13. The highest BCUT2D eigenvalue weighted by molar-refractivity contribution is 5.94. The highest BCUT2D eigenvalue weighted by Crippen LogP contribution is 2.19. The molecule has 33 heavy (non-hydrogen) atoms. The molecule has 2 heterocycles. The lowest BCUT2D eigenvalue weighted by Crippen LogP contribution is -2.46. The molecule has 0 aliphatic carbocycles. The summed E-state index contributed by atoms with van der Waals surface area (Å²) in [5.74, 6) is 0.234. The molecule has 1 aliphatic heterocycles. The van der Waals surface area contributed by atoms with E-state index >= 15 is 0 Å². The van der Waals surface area contributed by atoms with Crippen molar-refractivity contribution in [2.24, 2.45) is 5.92 Å². The zero-order valence-corrected chi connectivity index (χ0v) is 19.8. The molecular weight excluding hydrogens is 414 g/mol. The summed E-state index contributed by atoms with van der Waals surface area (Å²) in [6.07, 6.45) is 0. The molecule has 3 aromatic rings. The number of benzene rings is 2. The molecule has 1 saturated heterocycles. The van der Waals surface area contributed by atoms with Crippen LogP contribution in [0.25, 0.3) is 22.3 Å². The normalized spacial score (nSPS) is 15.3. The number of nitrogens with one attached hydrogen (secondary N) is 1. The highest BCUT2D eigenvalue weighted by atomic mass is 16.1. The van der Waals surface area contributed by atoms with Crippen LogP contribution in [0.2, 0.25) is 0 Å². The number of carbonyl (C=O) groups is 1. The Labute approximate surface area is 195 Å². The number of para-hydroxylation sites is 2. The van der Waals surface area contributed by atoms with E-state index in [4.69, 9.17) is 0 Å². The average molecular weight is 448 g/mol. The largest absolute Gasteiger partial charge is 0.351 e. The second-order valence-corrected chi connectivity index (χ2v) is 9.24. The van der Waals surface area contributed by atoms with Crippen LogP contribution in [0.5, 0.6) is 0 Å². The molecule has 0 spiro atoms. The molecule has 1 aliphatic rings. The third-order valence-electron chi connectivity index (χ3n) is 6.13. The minimum atomic E-state index is -0.105. The lowest BCUT2D eigenvalue weighted by atomic mass is 10.1. The maximum atomic E-state index is 13.3. The van der Waals surface area contributed by atoms with Crippen LogP contribution < -0.4 is 10.9 Å². The summed E-state index contributed by atoms with van der Waals surface area (Å²) in [6, 6.07) is 14.9. The molecule has 174 valence electrons. The number of aromatic nitrogens is 2. The van der Waals surface area contributed by atoms with Gasteiger partial charge in [-0.3, -0.25) is 14.5 Å². The number of carbonyl (C=O) groups excluding carboxylic acids is 1. The van der Waals surface area contributed by atoms with Gasteiger partial charge in [-0.15, -0.1) is 0 Å². The Kier molecular flexibility index (Phi) is 7.20. The molecule has 4 rings (SSSR count). The number of hydrogen-bond acceptors (Lipinski definition) is 5. The van der Waals surface area contributed by atoms with Crippen LogP contribution in [0.3, 0.4) is 0 Å². The van der Waals surface area contributed by atoms with Crippen molar-refractivity contribution < 1.29 is 4.79 Å². The Morgan fingerprint density at radius 1 is 1.03 bits per heavy atom. The van der Waals surface area contributed by atoms with Gasteiger partial charge in [0.15, 0.2) is 0 Å². The monoisotopic (exact) mass is 447 g/mol. The number of piperazine rings is 1. The molecule has 1 N–H and O–H groups in total. The molecule has 7 nitrogen and oxygen atoms in total. The minimum absolute atomic E-state index is 0.0978. The number of hydrogen-bond donors (Lipinski definition) is 1. The Hall–Kier alpha value is -3.03. The molecule has 0 unspecified atom stereocenters. The molecular formula is C26H33N5O2. The second kappa shape index (κ2) is 10.3. The van der Waals surface area contributed by atoms with E-state index in [0.29, 0.717) is 30.3 Å². The predicted octanol–water partition coefficient (Wildman–Crippen LogP) is 2.70. The molecule has 0 atom stereocenters. The highest BCUT2D eigenvalue weighted by Gasteiger charge is 2.16. The first-order valence-electron chi connectivity index (χ1n) is 11.7. The Bertz CT molecular complexity index is 1160. The van der Waals surface area contributed by atoms with Crippen LogP contribution in [0.15, 0.2) is 53.3 Å². The zero-order chi connectivity index (χ0) is 23.4. The number of amides is 1. The quantitative estimate of drug-likeness (QED) is 0.603. The summed E-state index contributed by atoms with van der Waals surface area (Å²) in [5, 5.41) is 3.01. The minimum Gasteiger partial charge on any atom is -0.351 e. The molecule has 1 amide bonds. The van der Waals surface area contributed by atoms with Gasteiger partial charge in [-0.1, -0.05) is 38.1 Å². The van der Waals surface area contributed by atoms with E-state index in [9.17, 15) is 9.59 Å². The van der Waals surface area contributed by atoms with Crippen LogP contribution in [-0.4, -0.2) is 71.6 Å². The van der Waals surface area contributed by atoms with E-state index in [1.165, 1.54) is 0 Å².